The summed E-state index contributed by atoms with van der Waals surface area (Å²) in [6.45, 7) is 3.63. The smallest absolute Gasteiger partial charge is 0.431 e. The number of allylic oxidation sites excluding steroid dienone is 1. The van der Waals surface area contributed by atoms with Crippen LogP contribution in [-0.2, 0) is 19.0 Å². The highest BCUT2D eigenvalue weighted by atomic mass is 16.8. The molecule has 0 bridgehead atoms. The first-order valence-electron chi connectivity index (χ1n) is 8.33. The Kier molecular flexibility index (Phi) is 9.35. The van der Waals surface area contributed by atoms with E-state index in [2.05, 4.69) is 6.92 Å². The van der Waals surface area contributed by atoms with Gasteiger partial charge in [0.05, 0.1) is 6.42 Å². The Morgan fingerprint density at radius 1 is 1.14 bits per heavy atom. The van der Waals surface area contributed by atoms with Crippen LogP contribution in [0.3, 0.4) is 0 Å². The van der Waals surface area contributed by atoms with Crippen molar-refractivity contribution in [3.63, 3.8) is 0 Å². The Hall–Kier alpha value is -1.52. The summed E-state index contributed by atoms with van der Waals surface area (Å²) in [5, 5.41) is 0. The molecule has 5 heteroatoms. The van der Waals surface area contributed by atoms with Crippen molar-refractivity contribution in [3.8, 4) is 0 Å². The number of carbonyl (C=O) groups excluding carboxylic acids is 2. The molecule has 0 aromatic rings. The van der Waals surface area contributed by atoms with Gasteiger partial charge in [-0.15, -0.1) is 0 Å². The molecule has 1 unspecified atom stereocenters. The Bertz CT molecular complexity index is 358. The van der Waals surface area contributed by atoms with Crippen molar-refractivity contribution in [2.24, 2.45) is 0 Å². The van der Waals surface area contributed by atoms with Crippen LogP contribution in [0.4, 0.5) is 4.79 Å². The summed E-state index contributed by atoms with van der Waals surface area (Å²) in [5.41, 5.74) is 0. The minimum atomic E-state index is -0.923. The van der Waals surface area contributed by atoms with Crippen molar-refractivity contribution in [1.82, 2.24) is 0 Å². The van der Waals surface area contributed by atoms with Crippen molar-refractivity contribution < 1.29 is 23.8 Å². The number of rotatable bonds is 8. The molecule has 1 aliphatic rings. The lowest BCUT2D eigenvalue weighted by molar-refractivity contribution is -0.168. The predicted octanol–water partition coefficient (Wildman–Crippen LogP) is 4.50. The van der Waals surface area contributed by atoms with Gasteiger partial charge in [-0.2, -0.15) is 0 Å². The lowest BCUT2D eigenvalue weighted by atomic mass is 9.98. The Labute approximate surface area is 133 Å². The molecule has 0 radical (unpaired) electrons. The van der Waals surface area contributed by atoms with E-state index in [1.165, 1.54) is 13.3 Å². The number of carbonyl (C=O) groups is 2. The van der Waals surface area contributed by atoms with E-state index >= 15 is 0 Å². The lowest BCUT2D eigenvalue weighted by Gasteiger charge is -2.22. The maximum Gasteiger partial charge on any atom is 0.511 e. The van der Waals surface area contributed by atoms with Crippen molar-refractivity contribution in [2.45, 2.75) is 84.0 Å². The van der Waals surface area contributed by atoms with E-state index in [1.54, 1.807) is 6.08 Å². The largest absolute Gasteiger partial charge is 0.511 e. The average Bonchev–Trinajstić information content (AvgIpc) is 2.47. The van der Waals surface area contributed by atoms with Crippen LogP contribution in [0, 0.1) is 0 Å². The molecule has 5 nitrogen and oxygen atoms in total. The summed E-state index contributed by atoms with van der Waals surface area (Å²) in [4.78, 5) is 23.1. The SMILES string of the molecule is CCCCC=CCC(=O)OC(C)OC(=O)OC1CCCCC1. The van der Waals surface area contributed by atoms with E-state index in [0.717, 1.165) is 44.9 Å². The van der Waals surface area contributed by atoms with Gasteiger partial charge in [0.2, 0.25) is 6.29 Å². The van der Waals surface area contributed by atoms with Crippen LogP contribution in [0.2, 0.25) is 0 Å². The number of unbranched alkanes of at least 4 members (excludes halogenated alkanes) is 2. The second-order valence-corrected chi connectivity index (χ2v) is 5.62. The van der Waals surface area contributed by atoms with Crippen LogP contribution in [-0.4, -0.2) is 24.5 Å². The van der Waals surface area contributed by atoms with Crippen molar-refractivity contribution in [3.05, 3.63) is 12.2 Å². The summed E-state index contributed by atoms with van der Waals surface area (Å²) >= 11 is 0. The molecule has 0 amide bonds. The maximum absolute atomic E-state index is 11.6. The molecule has 0 saturated heterocycles. The Balaban J connectivity index is 2.15. The molecule has 0 aromatic carbocycles. The summed E-state index contributed by atoms with van der Waals surface area (Å²) in [5.74, 6) is -0.411. The summed E-state index contributed by atoms with van der Waals surface area (Å²) < 4.78 is 15.1. The van der Waals surface area contributed by atoms with Gasteiger partial charge in [0, 0.05) is 6.92 Å². The zero-order valence-corrected chi connectivity index (χ0v) is 13.7. The third-order valence-corrected chi connectivity index (χ3v) is 3.55. The monoisotopic (exact) mass is 312 g/mol. The molecule has 0 spiro atoms. The lowest BCUT2D eigenvalue weighted by Crippen LogP contribution is -2.26. The van der Waals surface area contributed by atoms with Crippen molar-refractivity contribution in [1.29, 1.82) is 0 Å². The van der Waals surface area contributed by atoms with E-state index in [1.807, 2.05) is 6.08 Å². The number of ether oxygens (including phenoxy) is 3. The zero-order valence-electron chi connectivity index (χ0n) is 13.7. The quantitative estimate of drug-likeness (QED) is 0.286. The molecule has 0 heterocycles. The van der Waals surface area contributed by atoms with E-state index in [-0.39, 0.29) is 12.5 Å². The van der Waals surface area contributed by atoms with Gasteiger partial charge in [0.15, 0.2) is 0 Å². The fraction of sp³-hybridized carbons (Fsp3) is 0.765. The van der Waals surface area contributed by atoms with E-state index < -0.39 is 18.4 Å². The molecule has 1 atom stereocenters. The van der Waals surface area contributed by atoms with Crippen molar-refractivity contribution in [2.75, 3.05) is 0 Å². The molecule has 126 valence electrons. The number of hydrogen-bond acceptors (Lipinski definition) is 5. The van der Waals surface area contributed by atoms with Gasteiger partial charge >= 0.3 is 12.1 Å². The molecular formula is C17H28O5. The minimum Gasteiger partial charge on any atom is -0.431 e. The zero-order chi connectivity index (χ0) is 16.2. The van der Waals surface area contributed by atoms with Gasteiger partial charge in [0.1, 0.15) is 6.10 Å². The number of esters is 1. The molecule has 1 saturated carbocycles. The summed E-state index contributed by atoms with van der Waals surface area (Å²) in [6, 6.07) is 0. The Morgan fingerprint density at radius 3 is 2.55 bits per heavy atom. The number of hydrogen-bond donors (Lipinski definition) is 0. The third kappa shape index (κ3) is 8.70. The van der Waals surface area contributed by atoms with Crippen LogP contribution in [0.1, 0.15) is 71.6 Å². The molecule has 0 N–H and O–H groups in total. The Morgan fingerprint density at radius 2 is 1.86 bits per heavy atom. The summed E-state index contributed by atoms with van der Waals surface area (Å²) in [6.07, 6.45) is 10.5. The second-order valence-electron chi connectivity index (χ2n) is 5.62. The van der Waals surface area contributed by atoms with E-state index in [4.69, 9.17) is 14.2 Å². The molecule has 0 aromatic heterocycles. The van der Waals surface area contributed by atoms with Gasteiger partial charge in [-0.25, -0.2) is 4.79 Å². The molecule has 22 heavy (non-hydrogen) atoms. The van der Waals surface area contributed by atoms with E-state index in [0.29, 0.717) is 0 Å². The van der Waals surface area contributed by atoms with Gasteiger partial charge in [-0.05, 0) is 32.1 Å². The van der Waals surface area contributed by atoms with Crippen LogP contribution in [0.15, 0.2) is 12.2 Å². The normalized spacial score (nSPS) is 17.2. The van der Waals surface area contributed by atoms with Crippen LogP contribution in [0.25, 0.3) is 0 Å². The highest BCUT2D eigenvalue weighted by Crippen LogP contribution is 2.20. The average molecular weight is 312 g/mol. The first-order chi connectivity index (χ1) is 10.6. The highest BCUT2D eigenvalue weighted by Gasteiger charge is 2.21. The minimum absolute atomic E-state index is 0.0642. The first kappa shape index (κ1) is 18.5. The van der Waals surface area contributed by atoms with E-state index in [9.17, 15) is 9.59 Å². The van der Waals surface area contributed by atoms with Crippen LogP contribution >= 0.6 is 0 Å². The van der Waals surface area contributed by atoms with Gasteiger partial charge < -0.3 is 14.2 Å². The molecule has 1 rings (SSSR count). The molecular weight excluding hydrogens is 284 g/mol. The highest BCUT2D eigenvalue weighted by molar-refractivity contribution is 5.71. The fourth-order valence-corrected chi connectivity index (χ4v) is 2.36. The molecule has 0 aliphatic heterocycles. The first-order valence-corrected chi connectivity index (χ1v) is 8.33. The molecule has 1 aliphatic carbocycles. The fourth-order valence-electron chi connectivity index (χ4n) is 2.36. The summed E-state index contributed by atoms with van der Waals surface area (Å²) in [7, 11) is 0. The van der Waals surface area contributed by atoms with Crippen LogP contribution in [0.5, 0.6) is 0 Å². The standard InChI is InChI=1S/C17H28O5/c1-3-4-5-6-10-13-16(18)20-14(2)21-17(19)22-15-11-8-7-9-12-15/h6,10,14-15H,3-5,7-9,11-13H2,1-2H3. The topological polar surface area (TPSA) is 61.8 Å². The van der Waals surface area contributed by atoms with Gasteiger partial charge in [-0.1, -0.05) is 38.3 Å². The van der Waals surface area contributed by atoms with Crippen LogP contribution < -0.4 is 0 Å². The van der Waals surface area contributed by atoms with Gasteiger partial charge in [-0.3, -0.25) is 4.79 Å². The second kappa shape index (κ2) is 11.1. The third-order valence-electron chi connectivity index (χ3n) is 3.55. The molecule has 1 fully saturated rings. The maximum atomic E-state index is 11.6. The predicted molar refractivity (Wildman–Crippen MR) is 83.3 cm³/mol. The van der Waals surface area contributed by atoms with Gasteiger partial charge in [0.25, 0.3) is 0 Å². The van der Waals surface area contributed by atoms with Crippen molar-refractivity contribution >= 4 is 12.1 Å².